The number of pyridine rings is 1. The maximum atomic E-state index is 12.9. The highest BCUT2D eigenvalue weighted by Gasteiger charge is 2.31. The number of carbonyl (C=O) groups is 1. The minimum Gasteiger partial charge on any atom is -0.354 e. The van der Waals surface area contributed by atoms with Crippen molar-refractivity contribution in [2.75, 3.05) is 5.32 Å². The third kappa shape index (κ3) is 4.17. The zero-order chi connectivity index (χ0) is 20.5. The Hall–Kier alpha value is -2.86. The first kappa shape index (κ1) is 19.9. The molecule has 7 heteroatoms. The van der Waals surface area contributed by atoms with Gasteiger partial charge in [-0.3, -0.25) is 9.78 Å². The van der Waals surface area contributed by atoms with Crippen LogP contribution < -0.4 is 5.32 Å². The van der Waals surface area contributed by atoms with Crippen LogP contribution in [0.2, 0.25) is 5.02 Å². The van der Waals surface area contributed by atoms with E-state index in [9.17, 15) is 18.0 Å². The average molecular weight is 405 g/mol. The summed E-state index contributed by atoms with van der Waals surface area (Å²) in [4.78, 5) is 16.5. The SMILES string of the molecule is Cc1ccccc1C(=O)c1ccc(Nc2cc(C(F)(F)F)cnc2C)cc1Cl. The van der Waals surface area contributed by atoms with Crippen molar-refractivity contribution >= 4 is 28.8 Å². The number of alkyl halides is 3. The van der Waals surface area contributed by atoms with E-state index in [0.717, 1.165) is 17.8 Å². The third-order valence-electron chi connectivity index (χ3n) is 4.30. The maximum Gasteiger partial charge on any atom is 0.417 e. The van der Waals surface area contributed by atoms with Crippen LogP contribution in [0.25, 0.3) is 0 Å². The van der Waals surface area contributed by atoms with Crippen LogP contribution in [0.5, 0.6) is 0 Å². The van der Waals surface area contributed by atoms with Crippen LogP contribution in [0.15, 0.2) is 54.7 Å². The maximum absolute atomic E-state index is 12.9. The lowest BCUT2D eigenvalue weighted by Crippen LogP contribution is -2.08. The van der Waals surface area contributed by atoms with Gasteiger partial charge in [0.25, 0.3) is 0 Å². The van der Waals surface area contributed by atoms with E-state index >= 15 is 0 Å². The van der Waals surface area contributed by atoms with Gasteiger partial charge in [0.1, 0.15) is 0 Å². The highest BCUT2D eigenvalue weighted by molar-refractivity contribution is 6.35. The number of rotatable bonds is 4. The Morgan fingerprint density at radius 2 is 1.75 bits per heavy atom. The first-order valence-corrected chi connectivity index (χ1v) is 8.75. The number of benzene rings is 2. The molecular formula is C21H16ClF3N2O. The van der Waals surface area contributed by atoms with Crippen LogP contribution in [0.1, 0.15) is 32.7 Å². The summed E-state index contributed by atoms with van der Waals surface area (Å²) in [6.45, 7) is 3.43. The van der Waals surface area contributed by atoms with Crippen LogP contribution >= 0.6 is 11.6 Å². The summed E-state index contributed by atoms with van der Waals surface area (Å²) in [6.07, 6.45) is -3.70. The molecule has 2 aromatic carbocycles. The summed E-state index contributed by atoms with van der Waals surface area (Å²) < 4.78 is 38.7. The van der Waals surface area contributed by atoms with E-state index in [-0.39, 0.29) is 16.5 Å². The van der Waals surface area contributed by atoms with Crippen LogP contribution in [-0.2, 0) is 6.18 Å². The second-order valence-corrected chi connectivity index (χ2v) is 6.73. The standard InChI is InChI=1S/C21H16ClF3N2O/c1-12-5-3-4-6-16(12)20(28)17-8-7-15(10-18(17)22)27-19-9-14(21(23,24)25)11-26-13(19)2/h3-11,27H,1-2H3. The van der Waals surface area contributed by atoms with Crippen molar-refractivity contribution in [3.63, 3.8) is 0 Å². The van der Waals surface area contributed by atoms with Gasteiger partial charge in [0.15, 0.2) is 5.78 Å². The Balaban J connectivity index is 1.90. The number of aryl methyl sites for hydroxylation is 2. The van der Waals surface area contributed by atoms with Gasteiger partial charge >= 0.3 is 6.18 Å². The van der Waals surface area contributed by atoms with Crippen molar-refractivity contribution < 1.29 is 18.0 Å². The number of carbonyl (C=O) groups excluding carboxylic acids is 1. The van der Waals surface area contributed by atoms with E-state index in [1.54, 1.807) is 31.2 Å². The molecular weight excluding hydrogens is 389 g/mol. The molecule has 0 amide bonds. The lowest BCUT2D eigenvalue weighted by Gasteiger charge is -2.14. The van der Waals surface area contributed by atoms with E-state index in [1.165, 1.54) is 6.07 Å². The van der Waals surface area contributed by atoms with Gasteiger partial charge in [0.2, 0.25) is 0 Å². The predicted molar refractivity (Wildman–Crippen MR) is 103 cm³/mol. The Morgan fingerprint density at radius 1 is 1.04 bits per heavy atom. The van der Waals surface area contributed by atoms with Gasteiger partial charge in [-0.15, -0.1) is 0 Å². The summed E-state index contributed by atoms with van der Waals surface area (Å²) >= 11 is 6.28. The molecule has 0 bridgehead atoms. The highest BCUT2D eigenvalue weighted by atomic mass is 35.5. The smallest absolute Gasteiger partial charge is 0.354 e. The minimum absolute atomic E-state index is 0.204. The number of ketones is 1. The molecule has 3 aromatic rings. The van der Waals surface area contributed by atoms with Crippen molar-refractivity contribution in [2.45, 2.75) is 20.0 Å². The topological polar surface area (TPSA) is 42.0 Å². The van der Waals surface area contributed by atoms with E-state index in [2.05, 4.69) is 10.3 Å². The van der Waals surface area contributed by atoms with Crippen molar-refractivity contribution in [1.82, 2.24) is 4.98 Å². The van der Waals surface area contributed by atoms with Crippen LogP contribution in [-0.4, -0.2) is 10.8 Å². The Morgan fingerprint density at radius 3 is 2.39 bits per heavy atom. The van der Waals surface area contributed by atoms with E-state index < -0.39 is 11.7 Å². The molecule has 28 heavy (non-hydrogen) atoms. The second kappa shape index (κ2) is 7.64. The van der Waals surface area contributed by atoms with Gasteiger partial charge in [-0.25, -0.2) is 0 Å². The fraction of sp³-hybridized carbons (Fsp3) is 0.143. The quantitative estimate of drug-likeness (QED) is 0.515. The van der Waals surface area contributed by atoms with Gasteiger partial charge in [0, 0.05) is 23.0 Å². The molecule has 0 saturated carbocycles. The number of anilines is 2. The zero-order valence-electron chi connectivity index (χ0n) is 15.1. The Labute approximate surface area is 165 Å². The molecule has 1 N–H and O–H groups in total. The monoisotopic (exact) mass is 404 g/mol. The van der Waals surface area contributed by atoms with Crippen molar-refractivity contribution in [2.24, 2.45) is 0 Å². The van der Waals surface area contributed by atoms with Gasteiger partial charge in [-0.2, -0.15) is 13.2 Å². The largest absolute Gasteiger partial charge is 0.417 e. The zero-order valence-corrected chi connectivity index (χ0v) is 15.8. The highest BCUT2D eigenvalue weighted by Crippen LogP contribution is 2.33. The summed E-state index contributed by atoms with van der Waals surface area (Å²) in [5.74, 6) is -0.216. The van der Waals surface area contributed by atoms with E-state index in [4.69, 9.17) is 11.6 Å². The summed E-state index contributed by atoms with van der Waals surface area (Å²) in [5, 5.41) is 3.09. The minimum atomic E-state index is -4.49. The summed E-state index contributed by atoms with van der Waals surface area (Å²) in [7, 11) is 0. The Kier molecular flexibility index (Phi) is 5.42. The lowest BCUT2D eigenvalue weighted by molar-refractivity contribution is -0.137. The molecule has 144 valence electrons. The molecule has 0 saturated heterocycles. The third-order valence-corrected chi connectivity index (χ3v) is 4.61. The molecule has 0 radical (unpaired) electrons. The number of halogens is 4. The van der Waals surface area contributed by atoms with Crippen molar-refractivity contribution in [1.29, 1.82) is 0 Å². The van der Waals surface area contributed by atoms with Gasteiger partial charge in [0.05, 0.1) is 22.0 Å². The molecule has 0 unspecified atom stereocenters. The molecule has 1 heterocycles. The molecule has 0 aliphatic carbocycles. The number of hydrogen-bond acceptors (Lipinski definition) is 3. The number of nitrogens with one attached hydrogen (secondary N) is 1. The molecule has 0 fully saturated rings. The normalized spacial score (nSPS) is 11.4. The predicted octanol–water partition coefficient (Wildman–Crippen LogP) is 6.35. The van der Waals surface area contributed by atoms with E-state index in [0.29, 0.717) is 22.5 Å². The first-order chi connectivity index (χ1) is 13.2. The van der Waals surface area contributed by atoms with Crippen LogP contribution in [0, 0.1) is 13.8 Å². The molecule has 0 atom stereocenters. The van der Waals surface area contributed by atoms with Crippen molar-refractivity contribution in [3.05, 3.63) is 87.7 Å². The first-order valence-electron chi connectivity index (χ1n) is 8.37. The molecule has 0 spiro atoms. The fourth-order valence-corrected chi connectivity index (χ4v) is 2.99. The molecule has 1 aromatic heterocycles. The average Bonchev–Trinajstić information content (AvgIpc) is 2.62. The second-order valence-electron chi connectivity index (χ2n) is 6.32. The Bertz CT molecular complexity index is 1050. The molecule has 0 aliphatic rings. The number of hydrogen-bond donors (Lipinski definition) is 1. The molecule has 0 aliphatic heterocycles. The summed E-state index contributed by atoms with van der Waals surface area (Å²) in [6, 6.07) is 12.8. The lowest BCUT2D eigenvalue weighted by atomic mass is 9.99. The summed E-state index contributed by atoms with van der Waals surface area (Å²) in [5.41, 5.74) is 1.92. The molecule has 3 nitrogen and oxygen atoms in total. The van der Waals surface area contributed by atoms with Crippen molar-refractivity contribution in [3.8, 4) is 0 Å². The van der Waals surface area contributed by atoms with Crippen LogP contribution in [0.3, 0.4) is 0 Å². The van der Waals surface area contributed by atoms with Crippen LogP contribution in [0.4, 0.5) is 24.5 Å². The van der Waals surface area contributed by atoms with Gasteiger partial charge < -0.3 is 5.32 Å². The van der Waals surface area contributed by atoms with Gasteiger partial charge in [-0.05, 0) is 43.7 Å². The number of aromatic nitrogens is 1. The number of nitrogens with zero attached hydrogens (tertiary/aromatic N) is 1. The molecule has 3 rings (SSSR count). The van der Waals surface area contributed by atoms with Gasteiger partial charge in [-0.1, -0.05) is 35.9 Å². The van der Waals surface area contributed by atoms with E-state index in [1.807, 2.05) is 19.1 Å². The fourth-order valence-electron chi connectivity index (χ4n) is 2.72.